The van der Waals surface area contributed by atoms with Gasteiger partial charge in [-0.25, -0.2) is 9.97 Å². The molecule has 0 spiro atoms. The van der Waals surface area contributed by atoms with Crippen LogP contribution in [0.25, 0.3) is 16.9 Å². The number of aryl methyl sites for hydroxylation is 1. The van der Waals surface area contributed by atoms with Crippen LogP contribution >= 0.6 is 0 Å². The zero-order chi connectivity index (χ0) is 16.4. The van der Waals surface area contributed by atoms with Gasteiger partial charge < -0.3 is 9.72 Å². The van der Waals surface area contributed by atoms with Gasteiger partial charge >= 0.3 is 0 Å². The molecular weight excluding hydrogens is 298 g/mol. The van der Waals surface area contributed by atoms with Gasteiger partial charge in [0.15, 0.2) is 11.5 Å². The summed E-state index contributed by atoms with van der Waals surface area (Å²) in [6.45, 7) is 2.73. The van der Waals surface area contributed by atoms with Crippen LogP contribution in [0.15, 0.2) is 67.4 Å². The molecule has 0 amide bonds. The Balaban J connectivity index is 1.71. The van der Waals surface area contributed by atoms with Crippen molar-refractivity contribution in [1.82, 2.24) is 19.4 Å². The molecule has 1 N–H and O–H groups in total. The first kappa shape index (κ1) is 14.4. The fourth-order valence-electron chi connectivity index (χ4n) is 2.60. The maximum Gasteiger partial charge on any atom is 0.180 e. The standard InChI is InChI=1S/C19H17N5/c1-14-4-6-16(7-5-14)17-13-24-10-9-21-19(24)18(23-17)22-12-15-3-2-8-20-11-15/h2-11,13H,12H2,1H3,(H,22,23). The average molecular weight is 315 g/mol. The van der Waals surface area contributed by atoms with E-state index in [1.54, 1.807) is 12.4 Å². The van der Waals surface area contributed by atoms with E-state index in [0.717, 1.165) is 28.3 Å². The topological polar surface area (TPSA) is 55.1 Å². The number of nitrogens with one attached hydrogen (secondary N) is 1. The van der Waals surface area contributed by atoms with Crippen molar-refractivity contribution < 1.29 is 0 Å². The molecule has 0 radical (unpaired) electrons. The van der Waals surface area contributed by atoms with E-state index in [4.69, 9.17) is 4.98 Å². The third kappa shape index (κ3) is 2.84. The first-order chi connectivity index (χ1) is 11.8. The minimum atomic E-state index is 0.653. The predicted octanol–water partition coefficient (Wildman–Crippen LogP) is 3.71. The zero-order valence-electron chi connectivity index (χ0n) is 13.3. The Morgan fingerprint density at radius 3 is 2.75 bits per heavy atom. The normalized spacial score (nSPS) is 10.9. The second-order valence-corrected chi connectivity index (χ2v) is 5.71. The average Bonchev–Trinajstić information content (AvgIpc) is 3.10. The molecular formula is C19H17N5. The van der Waals surface area contributed by atoms with Crippen LogP contribution in [0.5, 0.6) is 0 Å². The van der Waals surface area contributed by atoms with Gasteiger partial charge in [0.05, 0.1) is 5.69 Å². The van der Waals surface area contributed by atoms with E-state index >= 15 is 0 Å². The number of pyridine rings is 1. The summed E-state index contributed by atoms with van der Waals surface area (Å²) in [5.74, 6) is 0.766. The van der Waals surface area contributed by atoms with Gasteiger partial charge in [0.1, 0.15) is 0 Å². The van der Waals surface area contributed by atoms with Crippen molar-refractivity contribution in [2.75, 3.05) is 5.32 Å². The predicted molar refractivity (Wildman–Crippen MR) is 94.7 cm³/mol. The highest BCUT2D eigenvalue weighted by molar-refractivity contribution is 5.69. The number of hydrogen-bond acceptors (Lipinski definition) is 4. The molecule has 5 nitrogen and oxygen atoms in total. The number of fused-ring (bicyclic) bond motifs is 1. The molecule has 1 aromatic carbocycles. The monoisotopic (exact) mass is 315 g/mol. The zero-order valence-corrected chi connectivity index (χ0v) is 13.3. The molecule has 4 rings (SSSR count). The van der Waals surface area contributed by atoms with Crippen molar-refractivity contribution in [3.05, 3.63) is 78.5 Å². The van der Waals surface area contributed by atoms with Crippen LogP contribution < -0.4 is 5.32 Å². The highest BCUT2D eigenvalue weighted by Crippen LogP contribution is 2.22. The van der Waals surface area contributed by atoms with Gasteiger partial charge in [-0.2, -0.15) is 0 Å². The van der Waals surface area contributed by atoms with Crippen LogP contribution in [-0.2, 0) is 6.54 Å². The van der Waals surface area contributed by atoms with E-state index in [1.165, 1.54) is 5.56 Å². The lowest BCUT2D eigenvalue weighted by Crippen LogP contribution is -2.05. The Kier molecular flexibility index (Phi) is 3.67. The van der Waals surface area contributed by atoms with Gasteiger partial charge in [-0.1, -0.05) is 35.9 Å². The number of rotatable bonds is 4. The van der Waals surface area contributed by atoms with Crippen molar-refractivity contribution in [2.45, 2.75) is 13.5 Å². The molecule has 0 unspecified atom stereocenters. The largest absolute Gasteiger partial charge is 0.363 e. The van der Waals surface area contributed by atoms with E-state index < -0.39 is 0 Å². The van der Waals surface area contributed by atoms with Crippen LogP contribution in [0.2, 0.25) is 0 Å². The number of hydrogen-bond donors (Lipinski definition) is 1. The summed E-state index contributed by atoms with van der Waals surface area (Å²) >= 11 is 0. The lowest BCUT2D eigenvalue weighted by atomic mass is 10.1. The van der Waals surface area contributed by atoms with Crippen LogP contribution in [0.4, 0.5) is 5.82 Å². The molecule has 0 bridgehead atoms. The second kappa shape index (κ2) is 6.12. The minimum Gasteiger partial charge on any atom is -0.363 e. The summed E-state index contributed by atoms with van der Waals surface area (Å²) in [6.07, 6.45) is 9.34. The molecule has 0 aliphatic rings. The van der Waals surface area contributed by atoms with E-state index in [-0.39, 0.29) is 0 Å². The van der Waals surface area contributed by atoms with Crippen LogP contribution in [0, 0.1) is 6.92 Å². The Morgan fingerprint density at radius 2 is 1.96 bits per heavy atom. The smallest absolute Gasteiger partial charge is 0.180 e. The molecule has 3 aromatic heterocycles. The Labute approximate surface area is 140 Å². The quantitative estimate of drug-likeness (QED) is 0.624. The van der Waals surface area contributed by atoms with Gasteiger partial charge in [-0.3, -0.25) is 4.98 Å². The summed E-state index contributed by atoms with van der Waals surface area (Å²) < 4.78 is 1.99. The molecule has 118 valence electrons. The summed E-state index contributed by atoms with van der Waals surface area (Å²) in [7, 11) is 0. The third-order valence-corrected chi connectivity index (χ3v) is 3.90. The molecule has 5 heteroatoms. The lowest BCUT2D eigenvalue weighted by Gasteiger charge is -2.10. The summed E-state index contributed by atoms with van der Waals surface area (Å²) in [6, 6.07) is 12.3. The molecule has 0 aliphatic carbocycles. The SMILES string of the molecule is Cc1ccc(-c2cn3ccnc3c(NCc3cccnc3)n2)cc1. The van der Waals surface area contributed by atoms with E-state index in [9.17, 15) is 0 Å². The fourth-order valence-corrected chi connectivity index (χ4v) is 2.60. The maximum atomic E-state index is 4.77. The molecule has 24 heavy (non-hydrogen) atoms. The molecule has 0 aliphatic heterocycles. The molecule has 0 fully saturated rings. The molecule has 0 saturated carbocycles. The number of benzene rings is 1. The number of nitrogens with zero attached hydrogens (tertiary/aromatic N) is 4. The van der Waals surface area contributed by atoms with Gasteiger partial charge in [0.25, 0.3) is 0 Å². The third-order valence-electron chi connectivity index (χ3n) is 3.90. The number of imidazole rings is 1. The van der Waals surface area contributed by atoms with Gasteiger partial charge in [0, 0.05) is 43.1 Å². The first-order valence-electron chi connectivity index (χ1n) is 7.83. The molecule has 4 aromatic rings. The van der Waals surface area contributed by atoms with Crippen molar-refractivity contribution in [3.8, 4) is 11.3 Å². The van der Waals surface area contributed by atoms with Crippen LogP contribution in [0.1, 0.15) is 11.1 Å². The lowest BCUT2D eigenvalue weighted by molar-refractivity contribution is 1.06. The summed E-state index contributed by atoms with van der Waals surface area (Å²) in [5.41, 5.74) is 5.15. The van der Waals surface area contributed by atoms with Crippen molar-refractivity contribution in [3.63, 3.8) is 0 Å². The fraction of sp³-hybridized carbons (Fsp3) is 0.105. The molecule has 0 atom stereocenters. The van der Waals surface area contributed by atoms with Crippen LogP contribution in [-0.4, -0.2) is 19.4 Å². The van der Waals surface area contributed by atoms with Crippen molar-refractivity contribution >= 4 is 11.5 Å². The second-order valence-electron chi connectivity index (χ2n) is 5.71. The van der Waals surface area contributed by atoms with Gasteiger partial charge in [-0.15, -0.1) is 0 Å². The summed E-state index contributed by atoms with van der Waals surface area (Å²) in [4.78, 5) is 13.3. The summed E-state index contributed by atoms with van der Waals surface area (Å²) in [5, 5.41) is 3.38. The maximum absolute atomic E-state index is 4.77. The van der Waals surface area contributed by atoms with Crippen molar-refractivity contribution in [1.29, 1.82) is 0 Å². The number of aromatic nitrogens is 4. The van der Waals surface area contributed by atoms with Gasteiger partial charge in [0.2, 0.25) is 0 Å². The Hall–Kier alpha value is -3.21. The highest BCUT2D eigenvalue weighted by Gasteiger charge is 2.09. The first-order valence-corrected chi connectivity index (χ1v) is 7.83. The van der Waals surface area contributed by atoms with Gasteiger partial charge in [-0.05, 0) is 18.6 Å². The Morgan fingerprint density at radius 1 is 1.08 bits per heavy atom. The van der Waals surface area contributed by atoms with E-state index in [1.807, 2.05) is 35.1 Å². The molecule has 3 heterocycles. The Bertz CT molecular complexity index is 958. The van der Waals surface area contributed by atoms with E-state index in [0.29, 0.717) is 6.54 Å². The van der Waals surface area contributed by atoms with Crippen molar-refractivity contribution in [2.24, 2.45) is 0 Å². The highest BCUT2D eigenvalue weighted by atomic mass is 15.1. The van der Waals surface area contributed by atoms with Crippen LogP contribution in [0.3, 0.4) is 0 Å². The minimum absolute atomic E-state index is 0.653. The van der Waals surface area contributed by atoms with E-state index in [2.05, 4.69) is 46.5 Å². The molecule has 0 saturated heterocycles. The number of anilines is 1.